The summed E-state index contributed by atoms with van der Waals surface area (Å²) in [6.45, 7) is 5.99. The molecule has 1 aliphatic carbocycles. The number of hydrogen-bond donors (Lipinski definition) is 2. The summed E-state index contributed by atoms with van der Waals surface area (Å²) in [6.07, 6.45) is 1.78. The molecular weight excluding hydrogens is 288 g/mol. The second-order valence-electron chi connectivity index (χ2n) is 5.88. The van der Waals surface area contributed by atoms with Crippen LogP contribution in [0.4, 0.5) is 0 Å². The van der Waals surface area contributed by atoms with Crippen LogP contribution < -0.4 is 0 Å². The van der Waals surface area contributed by atoms with Gasteiger partial charge in [0.25, 0.3) is 0 Å². The molecule has 3 fully saturated rings. The second kappa shape index (κ2) is 7.36. The van der Waals surface area contributed by atoms with Crippen molar-refractivity contribution in [1.29, 1.82) is 0 Å². The van der Waals surface area contributed by atoms with Crippen LogP contribution in [-0.4, -0.2) is 96.3 Å². The van der Waals surface area contributed by atoms with Crippen LogP contribution in [-0.2, 0) is 9.47 Å². The van der Waals surface area contributed by atoms with Crippen LogP contribution in [0.3, 0.4) is 0 Å². The molecular formula is C14H24N4O4. The molecule has 22 heavy (non-hydrogen) atoms. The summed E-state index contributed by atoms with van der Waals surface area (Å²) in [4.78, 5) is 4.50. The Morgan fingerprint density at radius 3 is 1.41 bits per heavy atom. The Balaban J connectivity index is 1.76. The zero-order valence-corrected chi connectivity index (χ0v) is 12.7. The lowest BCUT2D eigenvalue weighted by atomic mass is 9.85. The van der Waals surface area contributed by atoms with Crippen LogP contribution in [0.2, 0.25) is 0 Å². The van der Waals surface area contributed by atoms with Gasteiger partial charge >= 0.3 is 0 Å². The average molecular weight is 312 g/mol. The van der Waals surface area contributed by atoms with Gasteiger partial charge in [0, 0.05) is 26.2 Å². The minimum absolute atomic E-state index is 0.00269. The summed E-state index contributed by atoms with van der Waals surface area (Å²) < 4.78 is 10.8. The first-order valence-corrected chi connectivity index (χ1v) is 7.93. The number of hydrogen-bond acceptors (Lipinski definition) is 8. The molecule has 0 amide bonds. The molecule has 0 aromatic rings. The van der Waals surface area contributed by atoms with Crippen molar-refractivity contribution in [1.82, 2.24) is 9.80 Å². The lowest BCUT2D eigenvalue weighted by Crippen LogP contribution is -2.58. The van der Waals surface area contributed by atoms with Crippen LogP contribution in [0.25, 0.3) is 0 Å². The van der Waals surface area contributed by atoms with Crippen LogP contribution in [0.5, 0.6) is 0 Å². The van der Waals surface area contributed by atoms with E-state index in [-0.39, 0.29) is 12.1 Å². The number of nitrogens with zero attached hydrogens (tertiary/aromatic N) is 4. The lowest BCUT2D eigenvalue weighted by molar-refractivity contribution is 0.0154. The monoisotopic (exact) mass is 312 g/mol. The largest absolute Gasteiger partial charge is 0.411 e. The predicted molar refractivity (Wildman–Crippen MR) is 80.0 cm³/mol. The molecule has 0 bridgehead atoms. The van der Waals surface area contributed by atoms with Crippen molar-refractivity contribution < 1.29 is 19.9 Å². The molecule has 0 aromatic carbocycles. The molecule has 0 unspecified atom stereocenters. The van der Waals surface area contributed by atoms with Gasteiger partial charge in [-0.2, -0.15) is 0 Å². The standard InChI is InChI=1S/C14H24N4O4/c19-15-13-11(17-3-7-21-8-4-17)1-2-12(14(13)16-20)18-5-9-22-10-6-18/h11-12,19-20H,1-10H2/b15-13+,16-14?/t11-,12-/m1/s1. The van der Waals surface area contributed by atoms with Gasteiger partial charge in [0.2, 0.25) is 0 Å². The minimum Gasteiger partial charge on any atom is -0.411 e. The van der Waals surface area contributed by atoms with Gasteiger partial charge in [-0.05, 0) is 12.8 Å². The van der Waals surface area contributed by atoms with Gasteiger partial charge in [-0.15, -0.1) is 0 Å². The van der Waals surface area contributed by atoms with Crippen LogP contribution in [0.1, 0.15) is 12.8 Å². The van der Waals surface area contributed by atoms with Gasteiger partial charge in [0.05, 0.1) is 38.5 Å². The second-order valence-corrected chi connectivity index (χ2v) is 5.88. The third kappa shape index (κ3) is 3.10. The molecule has 0 spiro atoms. The summed E-state index contributed by atoms with van der Waals surface area (Å²) in [5.41, 5.74) is 0.985. The highest BCUT2D eigenvalue weighted by Gasteiger charge is 2.40. The van der Waals surface area contributed by atoms with Crippen molar-refractivity contribution in [2.75, 3.05) is 52.6 Å². The van der Waals surface area contributed by atoms with Gasteiger partial charge in [-0.1, -0.05) is 10.3 Å². The Bertz CT molecular complexity index is 391. The summed E-state index contributed by atoms with van der Waals surface area (Å²) in [5.74, 6) is 0. The molecule has 124 valence electrons. The Hall–Kier alpha value is -1.22. The van der Waals surface area contributed by atoms with E-state index in [2.05, 4.69) is 20.1 Å². The number of morpholine rings is 2. The minimum atomic E-state index is -0.00269. The van der Waals surface area contributed by atoms with E-state index in [0.717, 1.165) is 39.0 Å². The molecule has 0 aromatic heterocycles. The highest BCUT2D eigenvalue weighted by atomic mass is 16.5. The van der Waals surface area contributed by atoms with Crippen molar-refractivity contribution in [3.8, 4) is 0 Å². The average Bonchev–Trinajstić information content (AvgIpc) is 2.61. The SMILES string of the molecule is ON=C1/C(=N/O)[C@H](N2CCOCC2)CC[C@H]1N1CCOCC1. The van der Waals surface area contributed by atoms with E-state index in [9.17, 15) is 10.4 Å². The number of oxime groups is 2. The molecule has 8 heteroatoms. The fraction of sp³-hybridized carbons (Fsp3) is 0.857. The van der Waals surface area contributed by atoms with Gasteiger partial charge in [-0.3, -0.25) is 9.80 Å². The third-order valence-electron chi connectivity index (χ3n) is 4.80. The van der Waals surface area contributed by atoms with Crippen LogP contribution in [0, 0.1) is 0 Å². The maximum atomic E-state index is 9.50. The maximum absolute atomic E-state index is 9.50. The highest BCUT2D eigenvalue weighted by molar-refractivity contribution is 6.46. The summed E-state index contributed by atoms with van der Waals surface area (Å²) in [6, 6.07) is -0.00539. The third-order valence-corrected chi connectivity index (χ3v) is 4.80. The quantitative estimate of drug-likeness (QED) is 0.544. The molecule has 2 N–H and O–H groups in total. The first-order valence-electron chi connectivity index (χ1n) is 7.93. The van der Waals surface area contributed by atoms with E-state index in [4.69, 9.17) is 9.47 Å². The van der Waals surface area contributed by atoms with E-state index in [1.54, 1.807) is 0 Å². The summed E-state index contributed by atoms with van der Waals surface area (Å²) in [7, 11) is 0. The van der Waals surface area contributed by atoms with Gasteiger partial charge in [-0.25, -0.2) is 0 Å². The molecule has 2 aliphatic heterocycles. The van der Waals surface area contributed by atoms with Crippen LogP contribution in [0.15, 0.2) is 10.3 Å². The van der Waals surface area contributed by atoms with E-state index < -0.39 is 0 Å². The van der Waals surface area contributed by atoms with Crippen molar-refractivity contribution in [3.63, 3.8) is 0 Å². The molecule has 8 nitrogen and oxygen atoms in total. The topological polar surface area (TPSA) is 90.1 Å². The number of ether oxygens (including phenoxy) is 2. The first kappa shape index (κ1) is 15.7. The highest BCUT2D eigenvalue weighted by Crippen LogP contribution is 2.25. The van der Waals surface area contributed by atoms with Crippen molar-refractivity contribution in [2.24, 2.45) is 10.3 Å². The molecule has 3 rings (SSSR count). The molecule has 3 aliphatic rings. The zero-order chi connectivity index (χ0) is 15.4. The smallest absolute Gasteiger partial charge is 0.123 e. The summed E-state index contributed by atoms with van der Waals surface area (Å²) in [5, 5.41) is 26.0. The Morgan fingerprint density at radius 2 is 1.09 bits per heavy atom. The predicted octanol–water partition coefficient (Wildman–Crippen LogP) is -0.158. The van der Waals surface area contributed by atoms with Crippen LogP contribution >= 0.6 is 0 Å². The molecule has 0 radical (unpaired) electrons. The maximum Gasteiger partial charge on any atom is 0.123 e. The van der Waals surface area contributed by atoms with Crippen molar-refractivity contribution >= 4 is 11.4 Å². The lowest BCUT2D eigenvalue weighted by Gasteiger charge is -2.42. The molecule has 2 heterocycles. The van der Waals surface area contributed by atoms with E-state index in [0.29, 0.717) is 37.9 Å². The van der Waals surface area contributed by atoms with Gasteiger partial charge < -0.3 is 19.9 Å². The van der Waals surface area contributed by atoms with Crippen molar-refractivity contribution in [2.45, 2.75) is 24.9 Å². The van der Waals surface area contributed by atoms with Gasteiger partial charge in [0.15, 0.2) is 0 Å². The Morgan fingerprint density at radius 1 is 0.727 bits per heavy atom. The molecule has 2 atom stereocenters. The zero-order valence-electron chi connectivity index (χ0n) is 12.7. The first-order chi connectivity index (χ1) is 10.8. The molecule has 2 saturated heterocycles. The van der Waals surface area contributed by atoms with E-state index >= 15 is 0 Å². The van der Waals surface area contributed by atoms with Gasteiger partial charge in [0.1, 0.15) is 11.4 Å². The Kier molecular flexibility index (Phi) is 5.24. The number of rotatable bonds is 2. The summed E-state index contributed by atoms with van der Waals surface area (Å²) >= 11 is 0. The fourth-order valence-corrected chi connectivity index (χ4v) is 3.66. The normalized spacial score (nSPS) is 36.0. The molecule has 1 saturated carbocycles. The Labute approximate surface area is 129 Å². The van der Waals surface area contributed by atoms with E-state index in [1.807, 2.05) is 0 Å². The van der Waals surface area contributed by atoms with Crippen molar-refractivity contribution in [3.05, 3.63) is 0 Å². The fourth-order valence-electron chi connectivity index (χ4n) is 3.66. The van der Waals surface area contributed by atoms with E-state index in [1.165, 1.54) is 0 Å².